The predicted molar refractivity (Wildman–Crippen MR) is 69.5 cm³/mol. The summed E-state index contributed by atoms with van der Waals surface area (Å²) in [6, 6.07) is 4.04. The first-order chi connectivity index (χ1) is 8.15. The van der Waals surface area contributed by atoms with Gasteiger partial charge in [0.2, 0.25) is 0 Å². The minimum Gasteiger partial charge on any atom is -0.475 e. The fraction of sp³-hybridized carbons (Fsp3) is 0.462. The molecule has 0 saturated carbocycles. The normalized spacial score (nSPS) is 11.0. The molecule has 0 spiro atoms. The topological polar surface area (TPSA) is 52.5 Å². The Bertz CT molecular complexity index is 531. The van der Waals surface area contributed by atoms with Crippen molar-refractivity contribution < 1.29 is 4.74 Å². The molecule has 17 heavy (non-hydrogen) atoms. The van der Waals surface area contributed by atoms with Crippen LogP contribution in [-0.4, -0.2) is 16.2 Å². The third kappa shape index (κ3) is 2.07. The molecule has 0 saturated heterocycles. The van der Waals surface area contributed by atoms with Crippen molar-refractivity contribution >= 4 is 11.2 Å². The smallest absolute Gasteiger partial charge is 0.257 e. The van der Waals surface area contributed by atoms with Crippen molar-refractivity contribution in [3.63, 3.8) is 0 Å². The number of aromatic nitrogens is 2. The number of fused-ring (bicyclic) bond motifs is 1. The molecule has 2 aromatic rings. The van der Waals surface area contributed by atoms with Crippen molar-refractivity contribution in [1.29, 1.82) is 0 Å². The molecule has 0 amide bonds. The van der Waals surface area contributed by atoms with Gasteiger partial charge in [0.25, 0.3) is 5.88 Å². The van der Waals surface area contributed by atoms with E-state index in [0.717, 1.165) is 24.1 Å². The lowest BCUT2D eigenvalue weighted by Gasteiger charge is -2.01. The highest BCUT2D eigenvalue weighted by Gasteiger charge is 2.12. The van der Waals surface area contributed by atoms with E-state index in [1.807, 2.05) is 17.5 Å². The van der Waals surface area contributed by atoms with Crippen molar-refractivity contribution in [2.45, 2.75) is 33.6 Å². The Kier molecular flexibility index (Phi) is 3.22. The van der Waals surface area contributed by atoms with E-state index in [1.54, 1.807) is 0 Å². The quantitative estimate of drug-likeness (QED) is 0.826. The largest absolute Gasteiger partial charge is 0.475 e. The van der Waals surface area contributed by atoms with Gasteiger partial charge in [0.1, 0.15) is 5.69 Å². The van der Waals surface area contributed by atoms with Crippen LogP contribution in [0.15, 0.2) is 12.1 Å². The lowest BCUT2D eigenvalue weighted by Crippen LogP contribution is -1.99. The fourth-order valence-corrected chi connectivity index (χ4v) is 1.75. The molecule has 92 valence electrons. The van der Waals surface area contributed by atoms with Crippen LogP contribution in [0, 0.1) is 13.8 Å². The minimum atomic E-state index is 0.548. The van der Waals surface area contributed by atoms with E-state index in [0.29, 0.717) is 18.2 Å². The van der Waals surface area contributed by atoms with E-state index >= 15 is 0 Å². The van der Waals surface area contributed by atoms with E-state index < -0.39 is 0 Å². The number of nitrogen functional groups attached to an aromatic ring is 1. The molecule has 0 fully saturated rings. The van der Waals surface area contributed by atoms with Crippen molar-refractivity contribution in [2.24, 2.45) is 0 Å². The maximum absolute atomic E-state index is 6.03. The Hall–Kier alpha value is -1.71. The van der Waals surface area contributed by atoms with Gasteiger partial charge in [0.05, 0.1) is 12.1 Å². The second-order valence-electron chi connectivity index (χ2n) is 4.32. The van der Waals surface area contributed by atoms with Crippen molar-refractivity contribution in [3.8, 4) is 5.88 Å². The highest BCUT2D eigenvalue weighted by molar-refractivity contribution is 5.75. The fourth-order valence-electron chi connectivity index (χ4n) is 1.75. The molecule has 0 bridgehead atoms. The zero-order chi connectivity index (χ0) is 12.4. The van der Waals surface area contributed by atoms with E-state index in [1.165, 1.54) is 5.56 Å². The number of pyridine rings is 1. The summed E-state index contributed by atoms with van der Waals surface area (Å²) in [5, 5.41) is 4.41. The number of ether oxygens (including phenoxy) is 1. The molecule has 0 unspecified atom stereocenters. The Morgan fingerprint density at radius 3 is 2.82 bits per heavy atom. The van der Waals surface area contributed by atoms with E-state index in [4.69, 9.17) is 10.5 Å². The second kappa shape index (κ2) is 4.65. The Balaban J connectivity index is 2.39. The van der Waals surface area contributed by atoms with Gasteiger partial charge in [0, 0.05) is 5.69 Å². The molecule has 2 rings (SSSR count). The van der Waals surface area contributed by atoms with Crippen molar-refractivity contribution in [2.75, 3.05) is 12.3 Å². The minimum absolute atomic E-state index is 0.548. The molecular formula is C13H19N3O. The Morgan fingerprint density at radius 1 is 1.35 bits per heavy atom. The van der Waals surface area contributed by atoms with Crippen LogP contribution in [0.5, 0.6) is 5.88 Å². The number of nitrogens with zero attached hydrogens (tertiary/aromatic N) is 2. The number of nitrogens with two attached hydrogens (primary N) is 1. The van der Waals surface area contributed by atoms with Crippen LogP contribution >= 0.6 is 0 Å². The number of unbranched alkanes of at least 4 members (excludes halogenated alkanes) is 1. The highest BCUT2D eigenvalue weighted by atomic mass is 16.5. The summed E-state index contributed by atoms with van der Waals surface area (Å²) in [4.78, 5) is 0. The monoisotopic (exact) mass is 233 g/mol. The van der Waals surface area contributed by atoms with Gasteiger partial charge in [-0.15, -0.1) is 5.10 Å². The van der Waals surface area contributed by atoms with Gasteiger partial charge in [0.15, 0.2) is 0 Å². The van der Waals surface area contributed by atoms with Crippen LogP contribution in [0.3, 0.4) is 0 Å². The molecule has 0 radical (unpaired) electrons. The first-order valence-corrected chi connectivity index (χ1v) is 6.02. The van der Waals surface area contributed by atoms with Crippen molar-refractivity contribution in [1.82, 2.24) is 9.61 Å². The Labute approximate surface area is 101 Å². The third-order valence-corrected chi connectivity index (χ3v) is 3.04. The summed E-state index contributed by atoms with van der Waals surface area (Å²) in [7, 11) is 0. The van der Waals surface area contributed by atoms with Crippen LogP contribution < -0.4 is 10.5 Å². The van der Waals surface area contributed by atoms with Crippen LogP contribution in [0.25, 0.3) is 5.52 Å². The molecule has 4 heteroatoms. The number of rotatable bonds is 4. The number of anilines is 1. The van der Waals surface area contributed by atoms with Gasteiger partial charge >= 0.3 is 0 Å². The maximum atomic E-state index is 6.03. The number of hydrogen-bond donors (Lipinski definition) is 1. The van der Waals surface area contributed by atoms with Crippen LogP contribution in [0.2, 0.25) is 0 Å². The second-order valence-corrected chi connectivity index (χ2v) is 4.32. The highest BCUT2D eigenvalue weighted by Crippen LogP contribution is 2.27. The average molecular weight is 233 g/mol. The van der Waals surface area contributed by atoms with E-state index in [-0.39, 0.29) is 0 Å². The number of hydrogen-bond acceptors (Lipinski definition) is 3. The first-order valence-electron chi connectivity index (χ1n) is 6.02. The molecule has 2 heterocycles. The number of aryl methyl sites for hydroxylation is 2. The standard InChI is InChI=1S/C13H19N3O/c1-4-5-8-17-13-12(14)11-7-6-9(2)10(3)16(11)15-13/h6-7H,4-5,8,14H2,1-3H3. The summed E-state index contributed by atoms with van der Waals surface area (Å²) >= 11 is 0. The van der Waals surface area contributed by atoms with Gasteiger partial charge < -0.3 is 10.5 Å². The van der Waals surface area contributed by atoms with Gasteiger partial charge in [-0.2, -0.15) is 0 Å². The van der Waals surface area contributed by atoms with Crippen LogP contribution in [-0.2, 0) is 0 Å². The molecule has 0 aromatic carbocycles. The zero-order valence-corrected chi connectivity index (χ0v) is 10.7. The van der Waals surface area contributed by atoms with Gasteiger partial charge in [-0.1, -0.05) is 19.4 Å². The predicted octanol–water partition coefficient (Wildman–Crippen LogP) is 2.71. The molecule has 0 atom stereocenters. The van der Waals surface area contributed by atoms with E-state index in [9.17, 15) is 0 Å². The summed E-state index contributed by atoms with van der Waals surface area (Å²) in [6.07, 6.45) is 2.12. The molecule has 2 aromatic heterocycles. The summed E-state index contributed by atoms with van der Waals surface area (Å²) < 4.78 is 7.45. The van der Waals surface area contributed by atoms with Crippen molar-refractivity contribution in [3.05, 3.63) is 23.4 Å². The summed E-state index contributed by atoms with van der Waals surface area (Å²) in [5.74, 6) is 0.548. The molecule has 0 aliphatic heterocycles. The maximum Gasteiger partial charge on any atom is 0.257 e. The van der Waals surface area contributed by atoms with Gasteiger partial charge in [-0.25, -0.2) is 4.52 Å². The lowest BCUT2D eigenvalue weighted by atomic mass is 10.2. The molecule has 0 aliphatic carbocycles. The molecule has 0 aliphatic rings. The van der Waals surface area contributed by atoms with E-state index in [2.05, 4.69) is 25.0 Å². The van der Waals surface area contributed by atoms with Gasteiger partial charge in [-0.3, -0.25) is 0 Å². The van der Waals surface area contributed by atoms with Crippen LogP contribution in [0.4, 0.5) is 5.69 Å². The summed E-state index contributed by atoms with van der Waals surface area (Å²) in [5.41, 5.74) is 9.87. The summed E-state index contributed by atoms with van der Waals surface area (Å²) in [6.45, 7) is 6.89. The molecular weight excluding hydrogens is 214 g/mol. The first kappa shape index (κ1) is 11.8. The van der Waals surface area contributed by atoms with Gasteiger partial charge in [-0.05, 0) is 31.9 Å². The lowest BCUT2D eigenvalue weighted by molar-refractivity contribution is 0.297. The average Bonchev–Trinajstić information content (AvgIpc) is 2.63. The third-order valence-electron chi connectivity index (χ3n) is 3.04. The SMILES string of the molecule is CCCCOc1nn2c(C)c(C)ccc2c1N. The van der Waals surface area contributed by atoms with Crippen LogP contribution in [0.1, 0.15) is 31.0 Å². The molecule has 2 N–H and O–H groups in total. The zero-order valence-electron chi connectivity index (χ0n) is 10.7. The molecule has 4 nitrogen and oxygen atoms in total. The Morgan fingerprint density at radius 2 is 2.12 bits per heavy atom.